The van der Waals surface area contributed by atoms with Crippen LogP contribution in [0.1, 0.15) is 41.2 Å². The molecule has 0 aromatic carbocycles. The summed E-state index contributed by atoms with van der Waals surface area (Å²) in [6.07, 6.45) is 5.41. The van der Waals surface area contributed by atoms with E-state index in [-0.39, 0.29) is 11.8 Å². The molecule has 0 atom stereocenters. The Labute approximate surface area is 159 Å². The number of likely N-dealkylation sites (tertiary alicyclic amines) is 1. The van der Waals surface area contributed by atoms with Crippen LogP contribution >= 0.6 is 11.3 Å². The number of amides is 2. The van der Waals surface area contributed by atoms with Crippen molar-refractivity contribution in [1.82, 2.24) is 19.7 Å². The van der Waals surface area contributed by atoms with Gasteiger partial charge in [0.25, 0.3) is 5.91 Å². The minimum absolute atomic E-state index is 0.0111. The molecule has 2 N–H and O–H groups in total. The van der Waals surface area contributed by atoms with Crippen LogP contribution in [0, 0.1) is 0 Å². The van der Waals surface area contributed by atoms with E-state index in [9.17, 15) is 9.59 Å². The summed E-state index contributed by atoms with van der Waals surface area (Å²) in [6, 6.07) is 0. The largest absolute Gasteiger partial charge is 0.342 e. The summed E-state index contributed by atoms with van der Waals surface area (Å²) in [6.45, 7) is 5.59. The molecule has 0 spiro atoms. The van der Waals surface area contributed by atoms with Gasteiger partial charge in [-0.1, -0.05) is 12.8 Å². The van der Waals surface area contributed by atoms with Gasteiger partial charge in [0.15, 0.2) is 0 Å². The molecule has 1 aromatic rings. The van der Waals surface area contributed by atoms with Crippen LogP contribution in [0.5, 0.6) is 0 Å². The highest BCUT2D eigenvalue weighted by molar-refractivity contribution is 7.09. The maximum absolute atomic E-state index is 12.6. The zero-order chi connectivity index (χ0) is 18.4. The van der Waals surface area contributed by atoms with Crippen LogP contribution < -0.4 is 5.73 Å². The van der Waals surface area contributed by atoms with Gasteiger partial charge in [0.05, 0.1) is 11.6 Å². The molecule has 2 aliphatic rings. The first-order valence-corrected chi connectivity index (χ1v) is 10.5. The molecular formula is C18H29N5O2S. The van der Waals surface area contributed by atoms with Crippen molar-refractivity contribution in [2.45, 2.75) is 32.1 Å². The summed E-state index contributed by atoms with van der Waals surface area (Å²) in [5.41, 5.74) is 6.06. The Hall–Kier alpha value is -1.51. The fourth-order valence-corrected chi connectivity index (χ4v) is 4.32. The molecule has 3 heterocycles. The molecule has 3 rings (SSSR count). The zero-order valence-corrected chi connectivity index (χ0v) is 16.2. The van der Waals surface area contributed by atoms with Crippen LogP contribution in [-0.2, 0) is 11.2 Å². The van der Waals surface area contributed by atoms with Gasteiger partial charge in [0.1, 0.15) is 5.69 Å². The third-order valence-corrected chi connectivity index (χ3v) is 6.01. The van der Waals surface area contributed by atoms with Crippen molar-refractivity contribution in [3.63, 3.8) is 0 Å². The fourth-order valence-electron chi connectivity index (χ4n) is 3.53. The van der Waals surface area contributed by atoms with Gasteiger partial charge in [-0.15, -0.1) is 11.3 Å². The summed E-state index contributed by atoms with van der Waals surface area (Å²) < 4.78 is 0. The lowest BCUT2D eigenvalue weighted by molar-refractivity contribution is -0.132. The summed E-state index contributed by atoms with van der Waals surface area (Å²) in [4.78, 5) is 35.5. The number of aromatic nitrogens is 1. The molecule has 0 saturated carbocycles. The number of thiazole rings is 1. The predicted octanol–water partition coefficient (Wildman–Crippen LogP) is 0.805. The van der Waals surface area contributed by atoms with Crippen LogP contribution in [0.3, 0.4) is 0 Å². The van der Waals surface area contributed by atoms with Crippen molar-refractivity contribution in [1.29, 1.82) is 0 Å². The highest BCUT2D eigenvalue weighted by Crippen LogP contribution is 2.14. The van der Waals surface area contributed by atoms with E-state index in [0.29, 0.717) is 38.3 Å². The number of rotatable bonds is 5. The Bertz CT molecular complexity index is 604. The Kier molecular flexibility index (Phi) is 6.99. The molecule has 0 radical (unpaired) electrons. The average molecular weight is 380 g/mol. The lowest BCUT2D eigenvalue weighted by Crippen LogP contribution is -2.51. The molecular weight excluding hydrogens is 350 g/mol. The monoisotopic (exact) mass is 379 g/mol. The summed E-state index contributed by atoms with van der Waals surface area (Å²) in [5, 5.41) is 2.74. The maximum Gasteiger partial charge on any atom is 0.273 e. The first kappa shape index (κ1) is 19.3. The lowest BCUT2D eigenvalue weighted by Gasteiger charge is -2.35. The third-order valence-electron chi connectivity index (χ3n) is 5.11. The summed E-state index contributed by atoms with van der Waals surface area (Å²) in [5.74, 6) is 0.223. The van der Waals surface area contributed by atoms with Crippen molar-refractivity contribution in [3.05, 3.63) is 16.1 Å². The van der Waals surface area contributed by atoms with Crippen LogP contribution in [0.25, 0.3) is 0 Å². The molecule has 1 aromatic heterocycles. The highest BCUT2D eigenvalue weighted by atomic mass is 32.1. The van der Waals surface area contributed by atoms with E-state index in [1.807, 2.05) is 15.2 Å². The molecule has 0 bridgehead atoms. The molecule has 0 unspecified atom stereocenters. The summed E-state index contributed by atoms with van der Waals surface area (Å²) in [7, 11) is 0. The molecule has 2 amide bonds. The third kappa shape index (κ3) is 5.02. The Morgan fingerprint density at radius 2 is 1.69 bits per heavy atom. The Balaban J connectivity index is 1.45. The lowest BCUT2D eigenvalue weighted by atomic mass is 10.2. The Morgan fingerprint density at radius 3 is 2.35 bits per heavy atom. The van der Waals surface area contributed by atoms with Crippen molar-refractivity contribution in [3.8, 4) is 0 Å². The molecule has 2 fully saturated rings. The quantitative estimate of drug-likeness (QED) is 0.818. The van der Waals surface area contributed by atoms with E-state index in [4.69, 9.17) is 5.73 Å². The summed E-state index contributed by atoms with van der Waals surface area (Å²) >= 11 is 1.49. The zero-order valence-electron chi connectivity index (χ0n) is 15.4. The van der Waals surface area contributed by atoms with E-state index in [1.165, 1.54) is 24.2 Å². The van der Waals surface area contributed by atoms with E-state index in [1.54, 1.807) is 0 Å². The van der Waals surface area contributed by atoms with Crippen LogP contribution in [0.2, 0.25) is 0 Å². The minimum Gasteiger partial charge on any atom is -0.342 e. The second-order valence-corrected chi connectivity index (χ2v) is 7.97. The molecule has 144 valence electrons. The van der Waals surface area contributed by atoms with Crippen molar-refractivity contribution >= 4 is 23.2 Å². The number of piperazine rings is 1. The van der Waals surface area contributed by atoms with Gasteiger partial charge >= 0.3 is 0 Å². The van der Waals surface area contributed by atoms with Crippen LogP contribution in [0.15, 0.2) is 5.38 Å². The van der Waals surface area contributed by atoms with Gasteiger partial charge in [-0.25, -0.2) is 4.98 Å². The minimum atomic E-state index is -0.0111. The van der Waals surface area contributed by atoms with E-state index >= 15 is 0 Å². The number of carbonyl (C=O) groups excluding carboxylic acids is 2. The molecule has 26 heavy (non-hydrogen) atoms. The van der Waals surface area contributed by atoms with Gasteiger partial charge < -0.3 is 15.5 Å². The van der Waals surface area contributed by atoms with Crippen molar-refractivity contribution < 1.29 is 9.59 Å². The predicted molar refractivity (Wildman–Crippen MR) is 102 cm³/mol. The Morgan fingerprint density at radius 1 is 1.00 bits per heavy atom. The van der Waals surface area contributed by atoms with Gasteiger partial charge in [-0.3, -0.25) is 14.5 Å². The number of nitrogens with two attached hydrogens (primary N) is 1. The van der Waals surface area contributed by atoms with Gasteiger partial charge in [0, 0.05) is 51.1 Å². The van der Waals surface area contributed by atoms with Crippen molar-refractivity contribution in [2.24, 2.45) is 5.73 Å². The first-order valence-electron chi connectivity index (χ1n) is 9.61. The van der Waals surface area contributed by atoms with Gasteiger partial charge in [-0.2, -0.15) is 0 Å². The fraction of sp³-hybridized carbons (Fsp3) is 0.722. The standard InChI is InChI=1S/C18H29N5O2S/c19-6-5-16-20-15(14-26-16)18(25)23-11-9-21(10-12-23)13-17(24)22-7-3-1-2-4-8-22/h14H,1-13,19H2. The number of hydrogen-bond donors (Lipinski definition) is 1. The van der Waals surface area contributed by atoms with Crippen molar-refractivity contribution in [2.75, 3.05) is 52.4 Å². The molecule has 2 saturated heterocycles. The van der Waals surface area contributed by atoms with Crippen LogP contribution in [0.4, 0.5) is 0 Å². The average Bonchev–Trinajstić information content (AvgIpc) is 2.94. The smallest absolute Gasteiger partial charge is 0.273 e. The molecule has 7 nitrogen and oxygen atoms in total. The normalized spacial score (nSPS) is 19.4. The number of carbonyl (C=O) groups is 2. The highest BCUT2D eigenvalue weighted by Gasteiger charge is 2.26. The van der Waals surface area contributed by atoms with E-state index < -0.39 is 0 Å². The second kappa shape index (κ2) is 9.43. The maximum atomic E-state index is 12.6. The van der Waals surface area contributed by atoms with E-state index in [0.717, 1.165) is 44.0 Å². The van der Waals surface area contributed by atoms with E-state index in [2.05, 4.69) is 9.88 Å². The first-order chi connectivity index (χ1) is 12.7. The topological polar surface area (TPSA) is 82.8 Å². The number of hydrogen-bond acceptors (Lipinski definition) is 6. The SMILES string of the molecule is NCCc1nc(C(=O)N2CCN(CC(=O)N3CCCCCC3)CC2)cs1. The molecule has 8 heteroatoms. The van der Waals surface area contributed by atoms with Gasteiger partial charge in [-0.05, 0) is 19.4 Å². The number of nitrogens with zero attached hydrogens (tertiary/aromatic N) is 4. The van der Waals surface area contributed by atoms with Crippen LogP contribution in [-0.4, -0.2) is 83.9 Å². The van der Waals surface area contributed by atoms with Gasteiger partial charge in [0.2, 0.25) is 5.91 Å². The molecule has 2 aliphatic heterocycles. The second-order valence-electron chi connectivity index (χ2n) is 7.03. The molecule has 0 aliphatic carbocycles.